The van der Waals surface area contributed by atoms with Gasteiger partial charge in [-0.2, -0.15) is 0 Å². The summed E-state index contributed by atoms with van der Waals surface area (Å²) in [6, 6.07) is 7.95. The van der Waals surface area contributed by atoms with Crippen LogP contribution in [0.2, 0.25) is 0 Å². The first-order chi connectivity index (χ1) is 20.1. The number of nitrogens with zero attached hydrogens (tertiary/aromatic N) is 4. The average Bonchev–Trinajstić information content (AvgIpc) is 3.68. The zero-order valence-electron chi connectivity index (χ0n) is 23.2. The molecule has 1 atom stereocenters. The predicted molar refractivity (Wildman–Crippen MR) is 163 cm³/mol. The van der Waals surface area contributed by atoms with Crippen LogP contribution < -0.4 is 15.1 Å². The van der Waals surface area contributed by atoms with Crippen LogP contribution in [0.1, 0.15) is 30.1 Å². The molecule has 9 nitrogen and oxygen atoms in total. The van der Waals surface area contributed by atoms with Gasteiger partial charge in [0, 0.05) is 48.9 Å². The molecule has 1 unspecified atom stereocenters. The number of carbonyl (C=O) groups is 1. The van der Waals surface area contributed by atoms with Crippen molar-refractivity contribution in [3.05, 3.63) is 76.8 Å². The molecule has 1 aromatic carbocycles. The van der Waals surface area contributed by atoms with Crippen molar-refractivity contribution in [2.75, 3.05) is 56.7 Å². The molecule has 0 spiro atoms. The Morgan fingerprint density at radius 1 is 1.24 bits per heavy atom. The number of hydrogen-bond acceptors (Lipinski definition) is 9. The Kier molecular flexibility index (Phi) is 8.02. The van der Waals surface area contributed by atoms with Crippen LogP contribution in [0.3, 0.4) is 0 Å². The standard InChI is InChI=1S/C31H34N4O5S/c1-3-23(9-8-22-20-41-31(32-22)33-12-14-38-15-13-33)35-18-25(30(37)39-4-2)28(36)17-27(35)21-7-10-26-29(16-21)40-19-24-6-5-11-34(24)26/h3,7-10,16-18,24H,1,4-6,11-15,19-20H2,2H3/b22-8+,23-9+. The van der Waals surface area contributed by atoms with Gasteiger partial charge in [0.15, 0.2) is 10.6 Å². The zero-order valence-corrected chi connectivity index (χ0v) is 24.0. The molecular formula is C31H34N4O5S. The van der Waals surface area contributed by atoms with E-state index in [0.29, 0.717) is 37.3 Å². The number of anilines is 1. The summed E-state index contributed by atoms with van der Waals surface area (Å²) < 4.78 is 18.6. The van der Waals surface area contributed by atoms with Crippen LogP contribution in [0.5, 0.6) is 5.75 Å². The summed E-state index contributed by atoms with van der Waals surface area (Å²) >= 11 is 1.72. The summed E-state index contributed by atoms with van der Waals surface area (Å²) in [5.74, 6) is 0.909. The van der Waals surface area contributed by atoms with E-state index < -0.39 is 11.4 Å². The lowest BCUT2D eigenvalue weighted by Crippen LogP contribution is -2.38. The fourth-order valence-corrected chi connectivity index (χ4v) is 6.61. The number of ether oxygens (including phenoxy) is 3. The van der Waals surface area contributed by atoms with Crippen molar-refractivity contribution in [3.63, 3.8) is 0 Å². The molecule has 4 aliphatic heterocycles. The third-order valence-electron chi connectivity index (χ3n) is 7.72. The first kappa shape index (κ1) is 27.4. The van der Waals surface area contributed by atoms with Gasteiger partial charge in [-0.25, -0.2) is 9.79 Å². The van der Waals surface area contributed by atoms with Gasteiger partial charge in [-0.05, 0) is 50.1 Å². The number of pyridine rings is 1. The highest BCUT2D eigenvalue weighted by Gasteiger charge is 2.31. The summed E-state index contributed by atoms with van der Waals surface area (Å²) in [4.78, 5) is 35.3. The predicted octanol–water partition coefficient (Wildman–Crippen LogP) is 4.40. The molecule has 0 saturated carbocycles. The number of carbonyl (C=O) groups excluding carboxylic acids is 1. The quantitative estimate of drug-likeness (QED) is 0.371. The first-order valence-corrected chi connectivity index (χ1v) is 15.1. The van der Waals surface area contributed by atoms with E-state index in [1.54, 1.807) is 31.0 Å². The Labute approximate surface area is 243 Å². The van der Waals surface area contributed by atoms with Gasteiger partial charge >= 0.3 is 5.97 Å². The average molecular weight is 575 g/mol. The van der Waals surface area contributed by atoms with Crippen LogP contribution in [0.15, 0.2) is 70.8 Å². The number of benzene rings is 1. The first-order valence-electron chi connectivity index (χ1n) is 14.1. The summed E-state index contributed by atoms with van der Waals surface area (Å²) in [6.07, 6.45) is 9.43. The van der Waals surface area contributed by atoms with E-state index in [1.165, 1.54) is 6.07 Å². The summed E-state index contributed by atoms with van der Waals surface area (Å²) in [5.41, 5.74) is 3.70. The number of thioether (sulfide) groups is 1. The molecule has 214 valence electrons. The van der Waals surface area contributed by atoms with Crippen molar-refractivity contribution in [1.29, 1.82) is 0 Å². The normalized spacial score (nSPS) is 21.3. The smallest absolute Gasteiger partial charge is 0.343 e. The number of allylic oxidation sites excluding steroid dienone is 4. The van der Waals surface area contributed by atoms with Gasteiger partial charge in [0.1, 0.15) is 17.9 Å². The Hall–Kier alpha value is -3.76. The van der Waals surface area contributed by atoms with Crippen LogP contribution in [-0.2, 0) is 9.47 Å². The van der Waals surface area contributed by atoms with Crippen LogP contribution in [0, 0.1) is 0 Å². The summed E-state index contributed by atoms with van der Waals surface area (Å²) in [6.45, 7) is 10.7. The maximum absolute atomic E-state index is 13.1. The Morgan fingerprint density at radius 3 is 2.90 bits per heavy atom. The molecule has 0 N–H and O–H groups in total. The van der Waals surface area contributed by atoms with E-state index in [-0.39, 0.29) is 12.2 Å². The van der Waals surface area contributed by atoms with Crippen molar-refractivity contribution in [3.8, 4) is 17.0 Å². The van der Waals surface area contributed by atoms with Crippen LogP contribution >= 0.6 is 11.8 Å². The van der Waals surface area contributed by atoms with Crippen molar-refractivity contribution in [1.82, 2.24) is 9.47 Å². The molecule has 1 aromatic heterocycles. The molecule has 0 aliphatic carbocycles. The van der Waals surface area contributed by atoms with Gasteiger partial charge in [0.25, 0.3) is 0 Å². The minimum atomic E-state index is -0.652. The molecule has 41 heavy (non-hydrogen) atoms. The maximum Gasteiger partial charge on any atom is 0.343 e. The van der Waals surface area contributed by atoms with Gasteiger partial charge in [-0.15, -0.1) is 0 Å². The number of morpholine rings is 1. The van der Waals surface area contributed by atoms with E-state index in [0.717, 1.165) is 66.1 Å². The van der Waals surface area contributed by atoms with E-state index in [4.69, 9.17) is 19.2 Å². The number of hydrogen-bond donors (Lipinski definition) is 0. The third kappa shape index (κ3) is 5.58. The van der Waals surface area contributed by atoms with Crippen molar-refractivity contribution < 1.29 is 19.0 Å². The number of rotatable bonds is 6. The molecular weight excluding hydrogens is 540 g/mol. The Bertz CT molecular complexity index is 1500. The lowest BCUT2D eigenvalue weighted by atomic mass is 10.1. The fraction of sp³-hybridized carbons (Fsp3) is 0.387. The largest absolute Gasteiger partial charge is 0.489 e. The van der Waals surface area contributed by atoms with Gasteiger partial charge in [0.05, 0.1) is 42.9 Å². The van der Waals surface area contributed by atoms with E-state index in [1.807, 2.05) is 28.9 Å². The number of amidine groups is 1. The molecule has 0 amide bonds. The van der Waals surface area contributed by atoms with Crippen molar-refractivity contribution >= 4 is 34.3 Å². The highest BCUT2D eigenvalue weighted by molar-refractivity contribution is 8.14. The zero-order chi connectivity index (χ0) is 28.3. The number of aromatic nitrogens is 1. The summed E-state index contributed by atoms with van der Waals surface area (Å²) in [7, 11) is 0. The lowest BCUT2D eigenvalue weighted by molar-refractivity contribution is 0.0524. The van der Waals surface area contributed by atoms with Gasteiger partial charge in [0.2, 0.25) is 0 Å². The SMILES string of the molecule is C=C/C(=C\C=C1/CSC(N2CCOCC2)=N1)n1cc(C(=O)OCC)c(=O)cc1-c1ccc2c(c1)OCC1CCCN21. The molecule has 4 aliphatic rings. The highest BCUT2D eigenvalue weighted by atomic mass is 32.2. The van der Waals surface area contributed by atoms with E-state index >= 15 is 0 Å². The van der Waals surface area contributed by atoms with Crippen molar-refractivity contribution in [2.24, 2.45) is 4.99 Å². The highest BCUT2D eigenvalue weighted by Crippen LogP contribution is 2.40. The van der Waals surface area contributed by atoms with E-state index in [9.17, 15) is 9.59 Å². The van der Waals surface area contributed by atoms with Gasteiger partial charge in [-0.3, -0.25) is 4.79 Å². The molecule has 0 radical (unpaired) electrons. The third-order valence-corrected chi connectivity index (χ3v) is 8.77. The van der Waals surface area contributed by atoms with E-state index in [2.05, 4.69) is 22.4 Å². The molecule has 2 fully saturated rings. The van der Waals surface area contributed by atoms with Gasteiger partial charge in [-0.1, -0.05) is 24.4 Å². The Morgan fingerprint density at radius 2 is 2.10 bits per heavy atom. The second-order valence-electron chi connectivity index (χ2n) is 10.2. The van der Waals surface area contributed by atoms with Gasteiger partial charge < -0.3 is 28.6 Å². The number of fused-ring (bicyclic) bond motifs is 3. The van der Waals surface area contributed by atoms with Crippen LogP contribution in [0.25, 0.3) is 17.0 Å². The molecule has 10 heteroatoms. The van der Waals surface area contributed by atoms with Crippen LogP contribution in [-0.4, -0.2) is 78.5 Å². The molecule has 6 rings (SSSR count). The number of aliphatic imine (C=N–C) groups is 1. The minimum Gasteiger partial charge on any atom is -0.489 e. The molecule has 0 bridgehead atoms. The van der Waals surface area contributed by atoms with Crippen LogP contribution in [0.4, 0.5) is 5.69 Å². The number of esters is 1. The summed E-state index contributed by atoms with van der Waals surface area (Å²) in [5, 5.41) is 1.01. The van der Waals surface area contributed by atoms with Crippen molar-refractivity contribution in [2.45, 2.75) is 25.8 Å². The topological polar surface area (TPSA) is 85.6 Å². The second kappa shape index (κ2) is 12.0. The monoisotopic (exact) mass is 574 g/mol. The Balaban J connectivity index is 1.39. The fourth-order valence-electron chi connectivity index (χ4n) is 5.63. The maximum atomic E-state index is 13.1. The molecule has 5 heterocycles. The second-order valence-corrected chi connectivity index (χ2v) is 11.2. The lowest BCUT2D eigenvalue weighted by Gasteiger charge is -2.33. The molecule has 2 saturated heterocycles. The molecule has 2 aromatic rings. The minimum absolute atomic E-state index is 0.0332.